The molecule has 112 valence electrons. The van der Waals surface area contributed by atoms with Crippen molar-refractivity contribution in [3.05, 3.63) is 54.1 Å². The molecule has 2 heterocycles. The molecule has 0 aromatic heterocycles. The molecule has 2 aliphatic rings. The van der Waals surface area contributed by atoms with E-state index < -0.39 is 6.10 Å². The number of para-hydroxylation sites is 3. The van der Waals surface area contributed by atoms with E-state index in [1.807, 2.05) is 47.4 Å². The van der Waals surface area contributed by atoms with Crippen molar-refractivity contribution in [3.8, 4) is 11.5 Å². The first kappa shape index (κ1) is 13.2. The summed E-state index contributed by atoms with van der Waals surface area (Å²) in [4.78, 5) is 14.7. The largest absolute Gasteiger partial charge is 0.485 e. The zero-order chi connectivity index (χ0) is 15.1. The van der Waals surface area contributed by atoms with Crippen LogP contribution >= 0.6 is 0 Å². The number of carbonyl (C=O) groups excluding carboxylic acids is 1. The maximum absolute atomic E-state index is 12.9. The molecular formula is C18H17NO3. The van der Waals surface area contributed by atoms with Crippen LogP contribution in [0.5, 0.6) is 11.5 Å². The first-order valence-corrected chi connectivity index (χ1v) is 7.53. The number of amides is 1. The van der Waals surface area contributed by atoms with E-state index in [0.29, 0.717) is 11.5 Å². The van der Waals surface area contributed by atoms with Gasteiger partial charge < -0.3 is 14.4 Å². The predicted octanol–water partition coefficient (Wildman–Crippen LogP) is 2.80. The third-order valence-corrected chi connectivity index (χ3v) is 4.23. The average Bonchev–Trinajstić information content (AvgIpc) is 2.89. The van der Waals surface area contributed by atoms with Crippen LogP contribution in [0, 0.1) is 0 Å². The highest BCUT2D eigenvalue weighted by molar-refractivity contribution is 5.99. The molecule has 4 rings (SSSR count). The standard InChI is InChI=1S/C18H17NO3/c1-12-10-13-6-2-3-7-14(13)19(12)18(20)17-11-21-15-8-4-5-9-16(15)22-17/h2-9,12,17H,10-11H2,1H3. The average molecular weight is 295 g/mol. The van der Waals surface area contributed by atoms with E-state index in [1.165, 1.54) is 5.56 Å². The van der Waals surface area contributed by atoms with Gasteiger partial charge in [-0.05, 0) is 37.1 Å². The summed E-state index contributed by atoms with van der Waals surface area (Å²) in [5.74, 6) is 1.29. The predicted molar refractivity (Wildman–Crippen MR) is 83.4 cm³/mol. The van der Waals surface area contributed by atoms with Gasteiger partial charge >= 0.3 is 0 Å². The Hall–Kier alpha value is -2.49. The maximum atomic E-state index is 12.9. The molecule has 2 aromatic carbocycles. The number of rotatable bonds is 1. The minimum absolute atomic E-state index is 0.0352. The SMILES string of the molecule is CC1Cc2ccccc2N1C(=O)C1COc2ccccc2O1. The van der Waals surface area contributed by atoms with Crippen LogP contribution in [0.2, 0.25) is 0 Å². The Bertz CT molecular complexity index is 728. The summed E-state index contributed by atoms with van der Waals surface area (Å²) in [7, 11) is 0. The van der Waals surface area contributed by atoms with E-state index in [0.717, 1.165) is 12.1 Å². The molecule has 0 bridgehead atoms. The van der Waals surface area contributed by atoms with E-state index in [4.69, 9.17) is 9.47 Å². The molecule has 0 aliphatic carbocycles. The molecule has 0 saturated heterocycles. The Labute approximate surface area is 129 Å². The number of hydrogen-bond acceptors (Lipinski definition) is 3. The number of benzene rings is 2. The summed E-state index contributed by atoms with van der Waals surface area (Å²) in [5, 5.41) is 0. The van der Waals surface area contributed by atoms with Gasteiger partial charge in [0.25, 0.3) is 5.91 Å². The van der Waals surface area contributed by atoms with Crippen LogP contribution in [0.1, 0.15) is 12.5 Å². The molecule has 4 heteroatoms. The summed E-state index contributed by atoms with van der Waals surface area (Å²) in [6.45, 7) is 2.32. The Balaban J connectivity index is 1.61. The van der Waals surface area contributed by atoms with Crippen LogP contribution in [-0.2, 0) is 11.2 Å². The van der Waals surface area contributed by atoms with Gasteiger partial charge in [0.1, 0.15) is 6.61 Å². The normalized spacial score (nSPS) is 22.3. The Morgan fingerprint density at radius 1 is 1.09 bits per heavy atom. The highest BCUT2D eigenvalue weighted by Gasteiger charge is 2.37. The fourth-order valence-electron chi connectivity index (χ4n) is 3.20. The van der Waals surface area contributed by atoms with Gasteiger partial charge in [-0.15, -0.1) is 0 Å². The Morgan fingerprint density at radius 2 is 1.82 bits per heavy atom. The molecule has 22 heavy (non-hydrogen) atoms. The van der Waals surface area contributed by atoms with Crippen molar-refractivity contribution in [2.75, 3.05) is 11.5 Å². The van der Waals surface area contributed by atoms with Gasteiger partial charge in [0.2, 0.25) is 6.10 Å². The quantitative estimate of drug-likeness (QED) is 0.812. The van der Waals surface area contributed by atoms with Gasteiger partial charge in [-0.25, -0.2) is 0 Å². The molecule has 2 aliphatic heterocycles. The number of ether oxygens (including phenoxy) is 2. The van der Waals surface area contributed by atoms with Crippen molar-refractivity contribution in [3.63, 3.8) is 0 Å². The topological polar surface area (TPSA) is 38.8 Å². The number of fused-ring (bicyclic) bond motifs is 2. The van der Waals surface area contributed by atoms with E-state index in [1.54, 1.807) is 0 Å². The highest BCUT2D eigenvalue weighted by atomic mass is 16.6. The van der Waals surface area contributed by atoms with Crippen molar-refractivity contribution in [1.82, 2.24) is 0 Å². The van der Waals surface area contributed by atoms with Crippen molar-refractivity contribution in [2.45, 2.75) is 25.5 Å². The zero-order valence-corrected chi connectivity index (χ0v) is 12.4. The monoisotopic (exact) mass is 295 g/mol. The third kappa shape index (κ3) is 2.03. The van der Waals surface area contributed by atoms with E-state index in [-0.39, 0.29) is 18.6 Å². The minimum Gasteiger partial charge on any atom is -0.485 e. The molecule has 0 saturated carbocycles. The fraction of sp³-hybridized carbons (Fsp3) is 0.278. The van der Waals surface area contributed by atoms with Crippen molar-refractivity contribution in [1.29, 1.82) is 0 Å². The van der Waals surface area contributed by atoms with Crippen molar-refractivity contribution < 1.29 is 14.3 Å². The van der Waals surface area contributed by atoms with Crippen LogP contribution in [-0.4, -0.2) is 24.7 Å². The zero-order valence-electron chi connectivity index (χ0n) is 12.4. The summed E-state index contributed by atoms with van der Waals surface area (Å²) in [6, 6.07) is 15.6. The minimum atomic E-state index is -0.594. The number of anilines is 1. The molecule has 2 atom stereocenters. The van der Waals surface area contributed by atoms with E-state index >= 15 is 0 Å². The summed E-state index contributed by atoms with van der Waals surface area (Å²) in [5.41, 5.74) is 2.20. The van der Waals surface area contributed by atoms with Gasteiger partial charge in [-0.2, -0.15) is 0 Å². The fourth-order valence-corrected chi connectivity index (χ4v) is 3.20. The molecule has 0 spiro atoms. The smallest absolute Gasteiger partial charge is 0.271 e. The lowest BCUT2D eigenvalue weighted by molar-refractivity contribution is -0.127. The first-order chi connectivity index (χ1) is 10.7. The Morgan fingerprint density at radius 3 is 2.68 bits per heavy atom. The van der Waals surface area contributed by atoms with Gasteiger partial charge in [0.05, 0.1) is 0 Å². The molecular weight excluding hydrogens is 278 g/mol. The van der Waals surface area contributed by atoms with Gasteiger partial charge in [0.15, 0.2) is 11.5 Å². The third-order valence-electron chi connectivity index (χ3n) is 4.23. The second-order valence-corrected chi connectivity index (χ2v) is 5.75. The number of carbonyl (C=O) groups is 1. The van der Waals surface area contributed by atoms with Crippen LogP contribution < -0.4 is 14.4 Å². The summed E-state index contributed by atoms with van der Waals surface area (Å²) < 4.78 is 11.5. The van der Waals surface area contributed by atoms with E-state index in [2.05, 4.69) is 13.0 Å². The van der Waals surface area contributed by atoms with Crippen LogP contribution in [0.25, 0.3) is 0 Å². The molecule has 0 fully saturated rings. The van der Waals surface area contributed by atoms with Gasteiger partial charge in [0, 0.05) is 11.7 Å². The van der Waals surface area contributed by atoms with Gasteiger partial charge in [-0.1, -0.05) is 30.3 Å². The highest BCUT2D eigenvalue weighted by Crippen LogP contribution is 2.35. The first-order valence-electron chi connectivity index (χ1n) is 7.53. The van der Waals surface area contributed by atoms with Crippen LogP contribution in [0.15, 0.2) is 48.5 Å². The summed E-state index contributed by atoms with van der Waals surface area (Å²) >= 11 is 0. The van der Waals surface area contributed by atoms with E-state index in [9.17, 15) is 4.79 Å². The lowest BCUT2D eigenvalue weighted by Gasteiger charge is -2.31. The lowest BCUT2D eigenvalue weighted by Crippen LogP contribution is -2.48. The van der Waals surface area contributed by atoms with Crippen molar-refractivity contribution in [2.24, 2.45) is 0 Å². The second-order valence-electron chi connectivity index (χ2n) is 5.75. The number of nitrogens with zero attached hydrogens (tertiary/aromatic N) is 1. The molecule has 0 radical (unpaired) electrons. The molecule has 0 N–H and O–H groups in total. The van der Waals surface area contributed by atoms with Crippen LogP contribution in [0.3, 0.4) is 0 Å². The second kappa shape index (κ2) is 5.05. The molecule has 2 unspecified atom stereocenters. The summed E-state index contributed by atoms with van der Waals surface area (Å²) in [6.07, 6.45) is 0.287. The van der Waals surface area contributed by atoms with Crippen LogP contribution in [0.4, 0.5) is 5.69 Å². The Kier molecular flexibility index (Phi) is 3.03. The number of hydrogen-bond donors (Lipinski definition) is 0. The van der Waals surface area contributed by atoms with Gasteiger partial charge in [-0.3, -0.25) is 4.79 Å². The molecule has 2 aromatic rings. The van der Waals surface area contributed by atoms with Crippen molar-refractivity contribution >= 4 is 11.6 Å². The maximum Gasteiger partial charge on any atom is 0.271 e. The molecule has 4 nitrogen and oxygen atoms in total. The lowest BCUT2D eigenvalue weighted by atomic mass is 10.1. The molecule has 1 amide bonds.